The first kappa shape index (κ1) is 21.6. The summed E-state index contributed by atoms with van der Waals surface area (Å²) in [6.45, 7) is 2.25. The summed E-state index contributed by atoms with van der Waals surface area (Å²) in [7, 11) is 0. The van der Waals surface area contributed by atoms with Gasteiger partial charge in [-0.15, -0.1) is 0 Å². The minimum Gasteiger partial charge on any atom is -0.508 e. The van der Waals surface area contributed by atoms with Crippen LogP contribution >= 0.6 is 0 Å². The standard InChI is InChI=1S/C18H26N4O6/c19-15(24)11-20-5-6-21(12-16(25)26)8-10-22(9-7-20)17(18(27)28)13-1-3-14(23)4-2-13/h1-4,17,23H,5-12H2,(H2,19,24)(H,25,26)(H,27,28). The van der Waals surface area contributed by atoms with Gasteiger partial charge in [-0.3, -0.25) is 29.1 Å². The van der Waals surface area contributed by atoms with Gasteiger partial charge in [0, 0.05) is 39.3 Å². The number of carbonyl (C=O) groups is 3. The van der Waals surface area contributed by atoms with E-state index in [4.69, 9.17) is 10.8 Å². The van der Waals surface area contributed by atoms with Crippen LogP contribution in [0.15, 0.2) is 24.3 Å². The van der Waals surface area contributed by atoms with Gasteiger partial charge in [-0.1, -0.05) is 12.1 Å². The SMILES string of the molecule is NC(=O)CN1CCN(CC(=O)O)CCN(C(C(=O)O)c2ccc(O)cc2)CC1. The molecule has 1 unspecified atom stereocenters. The van der Waals surface area contributed by atoms with Gasteiger partial charge in [0.15, 0.2) is 0 Å². The van der Waals surface area contributed by atoms with Crippen LogP contribution < -0.4 is 5.73 Å². The molecule has 154 valence electrons. The first-order valence-corrected chi connectivity index (χ1v) is 8.97. The molecule has 0 radical (unpaired) electrons. The van der Waals surface area contributed by atoms with Crippen LogP contribution in [-0.4, -0.2) is 100 Å². The van der Waals surface area contributed by atoms with Crippen LogP contribution in [0.1, 0.15) is 11.6 Å². The Labute approximate surface area is 162 Å². The number of aromatic hydroxyl groups is 1. The molecule has 1 amide bonds. The number of amides is 1. The lowest BCUT2D eigenvalue weighted by Gasteiger charge is -2.30. The van der Waals surface area contributed by atoms with Crippen molar-refractivity contribution in [2.75, 3.05) is 52.4 Å². The van der Waals surface area contributed by atoms with E-state index in [-0.39, 0.29) is 18.8 Å². The zero-order chi connectivity index (χ0) is 20.7. The molecule has 2 rings (SSSR count). The third-order valence-electron chi connectivity index (χ3n) is 4.69. The van der Waals surface area contributed by atoms with Gasteiger partial charge in [0.2, 0.25) is 5.91 Å². The van der Waals surface area contributed by atoms with E-state index in [0.717, 1.165) is 0 Å². The molecule has 1 fully saturated rings. The van der Waals surface area contributed by atoms with Gasteiger partial charge in [0.25, 0.3) is 0 Å². The van der Waals surface area contributed by atoms with E-state index in [2.05, 4.69) is 0 Å². The molecule has 5 N–H and O–H groups in total. The number of benzene rings is 1. The van der Waals surface area contributed by atoms with Crippen molar-refractivity contribution in [2.24, 2.45) is 5.73 Å². The topological polar surface area (TPSA) is 148 Å². The number of phenolic OH excluding ortho intramolecular Hbond substituents is 1. The Morgan fingerprint density at radius 3 is 1.86 bits per heavy atom. The monoisotopic (exact) mass is 394 g/mol. The smallest absolute Gasteiger partial charge is 0.325 e. The highest BCUT2D eigenvalue weighted by molar-refractivity contribution is 5.76. The van der Waals surface area contributed by atoms with Crippen LogP contribution in [-0.2, 0) is 14.4 Å². The third-order valence-corrected chi connectivity index (χ3v) is 4.69. The number of aliphatic carboxylic acids is 2. The van der Waals surface area contributed by atoms with Crippen molar-refractivity contribution in [3.63, 3.8) is 0 Å². The van der Waals surface area contributed by atoms with Crippen LogP contribution in [0.25, 0.3) is 0 Å². The van der Waals surface area contributed by atoms with Crippen molar-refractivity contribution < 1.29 is 29.7 Å². The molecule has 1 aliphatic rings. The van der Waals surface area contributed by atoms with E-state index >= 15 is 0 Å². The summed E-state index contributed by atoms with van der Waals surface area (Å²) in [5.74, 6) is -2.47. The number of rotatable bonds is 7. The van der Waals surface area contributed by atoms with Gasteiger partial charge >= 0.3 is 11.9 Å². The highest BCUT2D eigenvalue weighted by Crippen LogP contribution is 2.23. The number of carboxylic acids is 2. The number of primary amides is 1. The maximum Gasteiger partial charge on any atom is 0.325 e. The fourth-order valence-electron chi connectivity index (χ4n) is 3.31. The minimum atomic E-state index is -1.05. The van der Waals surface area contributed by atoms with Gasteiger partial charge < -0.3 is 21.1 Å². The molecule has 1 saturated heterocycles. The molecular formula is C18H26N4O6. The van der Waals surface area contributed by atoms with E-state index in [0.29, 0.717) is 44.8 Å². The van der Waals surface area contributed by atoms with Crippen molar-refractivity contribution in [1.82, 2.24) is 14.7 Å². The highest BCUT2D eigenvalue weighted by atomic mass is 16.4. The van der Waals surface area contributed by atoms with Gasteiger partial charge in [0.1, 0.15) is 11.8 Å². The largest absolute Gasteiger partial charge is 0.508 e. The Kier molecular flexibility index (Phi) is 7.73. The maximum absolute atomic E-state index is 12.0. The van der Waals surface area contributed by atoms with Gasteiger partial charge in [0.05, 0.1) is 13.1 Å². The molecule has 1 aliphatic heterocycles. The molecule has 0 saturated carbocycles. The molecule has 0 aliphatic carbocycles. The summed E-state index contributed by atoms with van der Waals surface area (Å²) in [5.41, 5.74) is 5.81. The lowest BCUT2D eigenvalue weighted by molar-refractivity contribution is -0.144. The average Bonchev–Trinajstić information content (AvgIpc) is 2.69. The fraction of sp³-hybridized carbons (Fsp3) is 0.500. The van der Waals surface area contributed by atoms with Crippen LogP contribution in [0.5, 0.6) is 5.75 Å². The number of carbonyl (C=O) groups excluding carboxylic acids is 1. The summed E-state index contributed by atoms with van der Waals surface area (Å²) in [4.78, 5) is 39.7. The first-order chi connectivity index (χ1) is 13.3. The van der Waals surface area contributed by atoms with Crippen LogP contribution in [0, 0.1) is 0 Å². The predicted molar refractivity (Wildman–Crippen MR) is 99.8 cm³/mol. The normalized spacial score (nSPS) is 18.6. The fourth-order valence-corrected chi connectivity index (χ4v) is 3.31. The Balaban J connectivity index is 2.25. The van der Waals surface area contributed by atoms with E-state index in [1.54, 1.807) is 26.8 Å². The second-order valence-corrected chi connectivity index (χ2v) is 6.78. The summed E-state index contributed by atoms with van der Waals surface area (Å²) in [6.07, 6.45) is 0. The molecule has 28 heavy (non-hydrogen) atoms. The number of carboxylic acid groups (broad SMARTS) is 2. The van der Waals surface area contributed by atoms with Crippen molar-refractivity contribution >= 4 is 17.8 Å². The van der Waals surface area contributed by atoms with Gasteiger partial charge in [-0.25, -0.2) is 0 Å². The molecule has 0 aromatic heterocycles. The number of phenols is 1. The summed E-state index contributed by atoms with van der Waals surface area (Å²) < 4.78 is 0. The molecule has 10 nitrogen and oxygen atoms in total. The lowest BCUT2D eigenvalue weighted by atomic mass is 10.0. The molecule has 1 aromatic rings. The number of nitrogens with two attached hydrogens (primary N) is 1. The predicted octanol–water partition coefficient (Wildman–Crippen LogP) is -0.993. The Bertz CT molecular complexity index is 668. The quantitative estimate of drug-likeness (QED) is 0.457. The Morgan fingerprint density at radius 1 is 0.893 bits per heavy atom. The summed E-state index contributed by atoms with van der Waals surface area (Å²) in [6, 6.07) is 5.00. The highest BCUT2D eigenvalue weighted by Gasteiger charge is 2.29. The van der Waals surface area contributed by atoms with Crippen LogP contribution in [0.3, 0.4) is 0 Å². The average molecular weight is 394 g/mol. The number of hydrogen-bond acceptors (Lipinski definition) is 7. The maximum atomic E-state index is 12.0. The first-order valence-electron chi connectivity index (χ1n) is 8.97. The van der Waals surface area contributed by atoms with Gasteiger partial charge in [-0.05, 0) is 17.7 Å². The zero-order valence-electron chi connectivity index (χ0n) is 15.5. The summed E-state index contributed by atoms with van der Waals surface area (Å²) >= 11 is 0. The zero-order valence-corrected chi connectivity index (χ0v) is 15.5. The van der Waals surface area contributed by atoms with Crippen LogP contribution in [0.2, 0.25) is 0 Å². The lowest BCUT2D eigenvalue weighted by Crippen LogP contribution is -2.43. The molecular weight excluding hydrogens is 368 g/mol. The molecule has 0 bridgehead atoms. The molecule has 1 heterocycles. The number of hydrogen-bond donors (Lipinski definition) is 4. The van der Waals surface area contributed by atoms with E-state index < -0.39 is 23.9 Å². The molecule has 10 heteroatoms. The van der Waals surface area contributed by atoms with Crippen molar-refractivity contribution in [2.45, 2.75) is 6.04 Å². The summed E-state index contributed by atoms with van der Waals surface area (Å²) in [5, 5.41) is 28.4. The Hall–Kier alpha value is -2.69. The number of nitrogens with zero attached hydrogens (tertiary/aromatic N) is 3. The molecule has 1 aromatic carbocycles. The third kappa shape index (κ3) is 6.48. The van der Waals surface area contributed by atoms with E-state index in [9.17, 15) is 24.6 Å². The van der Waals surface area contributed by atoms with E-state index in [1.807, 2.05) is 0 Å². The van der Waals surface area contributed by atoms with Crippen molar-refractivity contribution in [3.05, 3.63) is 29.8 Å². The molecule has 1 atom stereocenters. The van der Waals surface area contributed by atoms with Gasteiger partial charge in [-0.2, -0.15) is 0 Å². The second kappa shape index (κ2) is 10.0. The Morgan fingerprint density at radius 2 is 1.39 bits per heavy atom. The second-order valence-electron chi connectivity index (χ2n) is 6.78. The van der Waals surface area contributed by atoms with E-state index in [1.165, 1.54) is 12.1 Å². The molecule has 0 spiro atoms. The van der Waals surface area contributed by atoms with Crippen molar-refractivity contribution in [3.8, 4) is 5.75 Å². The van der Waals surface area contributed by atoms with Crippen LogP contribution in [0.4, 0.5) is 0 Å². The minimum absolute atomic E-state index is 0.0195. The van der Waals surface area contributed by atoms with Crippen molar-refractivity contribution in [1.29, 1.82) is 0 Å².